The third-order valence-corrected chi connectivity index (χ3v) is 7.82. The molecule has 2 N–H and O–H groups in total. The van der Waals surface area contributed by atoms with Crippen LogP contribution in [0.15, 0.2) is 109 Å². The zero-order chi connectivity index (χ0) is 26.2. The number of nitrogens with zero attached hydrogens (tertiary/aromatic N) is 4. The van der Waals surface area contributed by atoms with Crippen LogP contribution in [0.3, 0.4) is 0 Å². The first kappa shape index (κ1) is 21.3. The van der Waals surface area contributed by atoms with Crippen LogP contribution in [0.2, 0.25) is 0 Å². The molecule has 4 aromatic heterocycles. The topological polar surface area (TPSA) is 83.1 Å². The number of aromatic amines is 2. The number of H-pyrrole nitrogens is 2. The van der Waals surface area contributed by atoms with Crippen LogP contribution in [0.4, 0.5) is 0 Å². The van der Waals surface area contributed by atoms with Crippen LogP contribution in [0.5, 0.6) is 0 Å². The maximum absolute atomic E-state index is 5.15. The van der Waals surface area contributed by atoms with Gasteiger partial charge in [0.05, 0.1) is 22.8 Å². The van der Waals surface area contributed by atoms with Gasteiger partial charge in [-0.3, -0.25) is 9.97 Å². The molecule has 0 aliphatic carbocycles. The van der Waals surface area contributed by atoms with Crippen LogP contribution in [-0.4, -0.2) is 29.9 Å². The van der Waals surface area contributed by atoms with Crippen molar-refractivity contribution in [1.82, 2.24) is 29.9 Å². The molecule has 7 aromatic rings. The van der Waals surface area contributed by atoms with Crippen molar-refractivity contribution in [2.24, 2.45) is 0 Å². The van der Waals surface area contributed by atoms with E-state index in [0.717, 1.165) is 88.9 Å². The third kappa shape index (κ3) is 3.04. The minimum atomic E-state index is 0.776. The van der Waals surface area contributed by atoms with Crippen LogP contribution in [-0.2, 0) is 0 Å². The highest BCUT2D eigenvalue weighted by atomic mass is 14.9. The summed E-state index contributed by atoms with van der Waals surface area (Å²) in [6.45, 7) is 0. The maximum atomic E-state index is 5.15. The second-order valence-electron chi connectivity index (χ2n) is 10.1. The fourth-order valence-electron chi connectivity index (χ4n) is 6.02. The Kier molecular flexibility index (Phi) is 4.24. The molecule has 2 aliphatic heterocycles. The molecule has 0 fully saturated rings. The van der Waals surface area contributed by atoms with E-state index in [1.165, 1.54) is 0 Å². The minimum absolute atomic E-state index is 0.776. The van der Waals surface area contributed by atoms with Crippen LogP contribution < -0.4 is 0 Å². The summed E-state index contributed by atoms with van der Waals surface area (Å²) in [5.41, 5.74) is 11.2. The van der Waals surface area contributed by atoms with Crippen molar-refractivity contribution in [2.75, 3.05) is 0 Å². The Hall–Kier alpha value is -5.62. The molecule has 9 rings (SSSR count). The zero-order valence-electron chi connectivity index (χ0n) is 21.2. The molecule has 8 bridgehead atoms. The molecule has 2 aliphatic rings. The predicted octanol–water partition coefficient (Wildman–Crippen LogP) is 8.08. The summed E-state index contributed by atoms with van der Waals surface area (Å²) in [5.74, 6) is 0. The van der Waals surface area contributed by atoms with Gasteiger partial charge in [-0.15, -0.1) is 0 Å². The van der Waals surface area contributed by atoms with E-state index >= 15 is 0 Å². The van der Waals surface area contributed by atoms with Crippen molar-refractivity contribution in [1.29, 1.82) is 0 Å². The van der Waals surface area contributed by atoms with E-state index in [0.29, 0.717) is 0 Å². The van der Waals surface area contributed by atoms with Gasteiger partial charge in [0.15, 0.2) is 0 Å². The van der Waals surface area contributed by atoms with Gasteiger partial charge in [0.25, 0.3) is 0 Å². The highest BCUT2D eigenvalue weighted by Crippen LogP contribution is 2.39. The van der Waals surface area contributed by atoms with Crippen molar-refractivity contribution >= 4 is 43.6 Å². The average Bonchev–Trinajstić information content (AvgIpc) is 3.73. The lowest BCUT2D eigenvalue weighted by atomic mass is 10.0. The van der Waals surface area contributed by atoms with Gasteiger partial charge in [-0.1, -0.05) is 72.8 Å². The van der Waals surface area contributed by atoms with E-state index in [4.69, 9.17) is 9.97 Å². The van der Waals surface area contributed by atoms with E-state index < -0.39 is 0 Å². The molecule has 40 heavy (non-hydrogen) atoms. The Labute approximate surface area is 228 Å². The number of aromatic nitrogens is 6. The van der Waals surface area contributed by atoms with E-state index in [2.05, 4.69) is 117 Å². The standard InChI is InChI=1S/C34H20N6/c1-2-8-20-19(7-1)25-15-27-21-9-3-5-11-23(21)29(38-27)17-31-33-34(36-14-13-35-33)32(40-31)18-30-24-12-6-4-10-22(24)28(39-30)16-26(20)37-25/h1-18,38-39H. The van der Waals surface area contributed by atoms with E-state index in [1.54, 1.807) is 12.4 Å². The largest absolute Gasteiger partial charge is 0.354 e. The van der Waals surface area contributed by atoms with Crippen molar-refractivity contribution < 1.29 is 0 Å². The summed E-state index contributed by atoms with van der Waals surface area (Å²) >= 11 is 0. The lowest BCUT2D eigenvalue weighted by Gasteiger charge is -1.97. The Balaban J connectivity index is 1.51. The van der Waals surface area contributed by atoms with Crippen molar-refractivity contribution in [3.05, 3.63) is 109 Å². The van der Waals surface area contributed by atoms with Gasteiger partial charge >= 0.3 is 0 Å². The zero-order valence-corrected chi connectivity index (χ0v) is 21.2. The molecule has 186 valence electrons. The minimum Gasteiger partial charge on any atom is -0.354 e. The van der Waals surface area contributed by atoms with Crippen LogP contribution in [0, 0.1) is 0 Å². The van der Waals surface area contributed by atoms with Crippen LogP contribution in [0.25, 0.3) is 88.9 Å². The number of rotatable bonds is 0. The Morgan fingerprint density at radius 1 is 0.400 bits per heavy atom. The van der Waals surface area contributed by atoms with Gasteiger partial charge in [0.1, 0.15) is 11.4 Å². The molecule has 6 heteroatoms. The molecule has 0 radical (unpaired) electrons. The van der Waals surface area contributed by atoms with Crippen molar-refractivity contribution in [2.45, 2.75) is 0 Å². The van der Waals surface area contributed by atoms with Gasteiger partial charge in [0.2, 0.25) is 0 Å². The second kappa shape index (κ2) is 7.94. The first-order valence-electron chi connectivity index (χ1n) is 13.2. The van der Waals surface area contributed by atoms with Crippen LogP contribution in [0.1, 0.15) is 0 Å². The molecular weight excluding hydrogens is 492 g/mol. The molecule has 0 saturated heterocycles. The lowest BCUT2D eigenvalue weighted by Crippen LogP contribution is -1.84. The van der Waals surface area contributed by atoms with Gasteiger partial charge in [-0.25, -0.2) is 9.97 Å². The molecule has 3 aromatic carbocycles. The highest BCUT2D eigenvalue weighted by molar-refractivity contribution is 6.10. The Bertz CT molecular complexity index is 2020. The molecule has 0 unspecified atom stereocenters. The smallest absolute Gasteiger partial charge is 0.117 e. The Morgan fingerprint density at radius 3 is 1.18 bits per heavy atom. The summed E-state index contributed by atoms with van der Waals surface area (Å²) in [6, 6.07) is 33.7. The molecule has 0 saturated carbocycles. The monoisotopic (exact) mass is 512 g/mol. The van der Waals surface area contributed by atoms with Crippen molar-refractivity contribution in [3.8, 4) is 45.3 Å². The van der Waals surface area contributed by atoms with Gasteiger partial charge in [0, 0.05) is 67.1 Å². The third-order valence-electron chi connectivity index (χ3n) is 7.82. The lowest BCUT2D eigenvalue weighted by molar-refractivity contribution is 1.23. The number of hydrogen-bond donors (Lipinski definition) is 2. The van der Waals surface area contributed by atoms with Gasteiger partial charge in [-0.05, 0) is 24.3 Å². The fraction of sp³-hybridized carbons (Fsp3) is 0. The molecule has 0 atom stereocenters. The average molecular weight is 513 g/mol. The first-order valence-corrected chi connectivity index (χ1v) is 13.2. The first-order chi connectivity index (χ1) is 19.8. The normalized spacial score (nSPS) is 12.0. The van der Waals surface area contributed by atoms with E-state index in [1.807, 2.05) is 0 Å². The molecular formula is C34H20N6. The van der Waals surface area contributed by atoms with E-state index in [-0.39, 0.29) is 0 Å². The van der Waals surface area contributed by atoms with Gasteiger partial charge in [-0.2, -0.15) is 0 Å². The van der Waals surface area contributed by atoms with Gasteiger partial charge < -0.3 is 9.97 Å². The fourth-order valence-corrected chi connectivity index (χ4v) is 6.02. The highest BCUT2D eigenvalue weighted by Gasteiger charge is 2.20. The summed E-state index contributed by atoms with van der Waals surface area (Å²) in [4.78, 5) is 26.9. The predicted molar refractivity (Wildman–Crippen MR) is 160 cm³/mol. The number of hydrogen-bond acceptors (Lipinski definition) is 4. The molecule has 0 amide bonds. The quantitative estimate of drug-likeness (QED) is 0.215. The number of nitrogens with one attached hydrogen (secondary N) is 2. The number of fused-ring (bicyclic) bond motifs is 20. The molecule has 0 spiro atoms. The summed E-state index contributed by atoms with van der Waals surface area (Å²) in [5, 5.41) is 4.49. The summed E-state index contributed by atoms with van der Waals surface area (Å²) in [7, 11) is 0. The van der Waals surface area contributed by atoms with Crippen molar-refractivity contribution in [3.63, 3.8) is 0 Å². The molecule has 6 heterocycles. The maximum Gasteiger partial charge on any atom is 0.117 e. The Morgan fingerprint density at radius 2 is 0.750 bits per heavy atom. The van der Waals surface area contributed by atoms with E-state index in [9.17, 15) is 0 Å². The second-order valence-corrected chi connectivity index (χ2v) is 10.1. The molecule has 6 nitrogen and oxygen atoms in total. The summed E-state index contributed by atoms with van der Waals surface area (Å²) in [6.07, 6.45) is 3.45. The van der Waals surface area contributed by atoms with Crippen LogP contribution >= 0.6 is 0 Å². The SMILES string of the molecule is c1ccc2c(c1)-c1cc3[nH]c(cc4nc(cc5[nH]c(cc-2n1)c1ccccc51)-c1nccnc1-4)c1ccccc31. The number of benzene rings is 3. The summed E-state index contributed by atoms with van der Waals surface area (Å²) < 4.78 is 0.